The first-order valence-electron chi connectivity index (χ1n) is 4.24. The van der Waals surface area contributed by atoms with Crippen LogP contribution in [0.5, 0.6) is 0 Å². The minimum atomic E-state index is 0.613. The molecule has 0 bridgehead atoms. The van der Waals surface area contributed by atoms with E-state index in [1.165, 1.54) is 0 Å². The van der Waals surface area contributed by atoms with Crippen LogP contribution in [0.25, 0.3) is 10.9 Å². The molecule has 0 atom stereocenters. The summed E-state index contributed by atoms with van der Waals surface area (Å²) in [6, 6.07) is 7.83. The van der Waals surface area contributed by atoms with Crippen LogP contribution in [0.15, 0.2) is 42.1 Å². The molecule has 1 aromatic heterocycles. The van der Waals surface area contributed by atoms with Crippen LogP contribution >= 0.6 is 23.2 Å². The summed E-state index contributed by atoms with van der Waals surface area (Å²) in [6.07, 6.45) is 1.98. The zero-order valence-corrected chi connectivity index (χ0v) is 9.02. The maximum atomic E-state index is 5.92. The average molecular weight is 226 g/mol. The third-order valence-electron chi connectivity index (χ3n) is 2.08. The number of allylic oxidation sites excluding steroid dienone is 1. The Labute approximate surface area is 92.5 Å². The molecule has 0 aliphatic heterocycles. The van der Waals surface area contributed by atoms with Gasteiger partial charge in [0.1, 0.15) is 0 Å². The van der Waals surface area contributed by atoms with Crippen LogP contribution in [0.3, 0.4) is 0 Å². The van der Waals surface area contributed by atoms with Crippen molar-refractivity contribution in [2.75, 3.05) is 0 Å². The highest BCUT2D eigenvalue weighted by Crippen LogP contribution is 2.21. The Morgan fingerprint density at radius 1 is 1.36 bits per heavy atom. The van der Waals surface area contributed by atoms with E-state index in [9.17, 15) is 0 Å². The third-order valence-corrected chi connectivity index (χ3v) is 2.43. The molecule has 0 spiro atoms. The van der Waals surface area contributed by atoms with Crippen LogP contribution in [0.4, 0.5) is 0 Å². The molecule has 0 radical (unpaired) electrons. The number of aromatic nitrogens is 1. The summed E-state index contributed by atoms with van der Waals surface area (Å²) in [4.78, 5) is 0. The van der Waals surface area contributed by atoms with Crippen molar-refractivity contribution >= 4 is 34.1 Å². The third kappa shape index (κ3) is 1.79. The minimum Gasteiger partial charge on any atom is -0.342 e. The van der Waals surface area contributed by atoms with E-state index in [0.717, 1.165) is 15.9 Å². The smallest absolute Gasteiger partial charge is 0.0577 e. The average Bonchev–Trinajstić information content (AvgIpc) is 2.47. The van der Waals surface area contributed by atoms with Gasteiger partial charge in [0.05, 0.1) is 6.54 Å². The number of hydrogen-bond acceptors (Lipinski definition) is 0. The summed E-state index contributed by atoms with van der Waals surface area (Å²) in [5.41, 5.74) is 1.08. The van der Waals surface area contributed by atoms with Gasteiger partial charge < -0.3 is 4.57 Å². The molecule has 0 fully saturated rings. The van der Waals surface area contributed by atoms with Crippen molar-refractivity contribution in [3.8, 4) is 0 Å². The van der Waals surface area contributed by atoms with Gasteiger partial charge in [-0.2, -0.15) is 0 Å². The van der Waals surface area contributed by atoms with Crippen LogP contribution in [-0.2, 0) is 6.54 Å². The van der Waals surface area contributed by atoms with Crippen molar-refractivity contribution in [3.05, 3.63) is 47.1 Å². The Morgan fingerprint density at radius 2 is 2.14 bits per heavy atom. The van der Waals surface area contributed by atoms with Crippen LogP contribution in [0, 0.1) is 0 Å². The SMILES string of the molecule is C=C(Cl)Cn1ccc2ccc(Cl)cc21. The van der Waals surface area contributed by atoms with Gasteiger partial charge in [0.2, 0.25) is 0 Å². The van der Waals surface area contributed by atoms with E-state index in [1.807, 2.05) is 35.0 Å². The lowest BCUT2D eigenvalue weighted by Gasteiger charge is -2.03. The lowest BCUT2D eigenvalue weighted by molar-refractivity contribution is 0.853. The first-order valence-corrected chi connectivity index (χ1v) is 5.00. The maximum Gasteiger partial charge on any atom is 0.0577 e. The zero-order valence-electron chi connectivity index (χ0n) is 7.50. The molecular weight excluding hydrogens is 217 g/mol. The quantitative estimate of drug-likeness (QED) is 0.727. The van der Waals surface area contributed by atoms with Gasteiger partial charge in [0.15, 0.2) is 0 Å². The Kier molecular flexibility index (Phi) is 2.53. The predicted octanol–water partition coefficient (Wildman–Crippen LogP) is 4.05. The fourth-order valence-electron chi connectivity index (χ4n) is 1.48. The van der Waals surface area contributed by atoms with Gasteiger partial charge in [-0.05, 0) is 23.6 Å². The molecule has 72 valence electrons. The topological polar surface area (TPSA) is 4.93 Å². The highest BCUT2D eigenvalue weighted by atomic mass is 35.5. The number of halogens is 2. The molecule has 2 rings (SSSR count). The van der Waals surface area contributed by atoms with E-state index in [-0.39, 0.29) is 0 Å². The highest BCUT2D eigenvalue weighted by molar-refractivity contribution is 6.31. The van der Waals surface area contributed by atoms with Crippen LogP contribution < -0.4 is 0 Å². The van der Waals surface area contributed by atoms with Crippen molar-refractivity contribution in [3.63, 3.8) is 0 Å². The van der Waals surface area contributed by atoms with Gasteiger partial charge in [0, 0.05) is 21.8 Å². The second-order valence-corrected chi connectivity index (χ2v) is 4.13. The lowest BCUT2D eigenvalue weighted by atomic mass is 10.2. The summed E-state index contributed by atoms with van der Waals surface area (Å²) in [6.45, 7) is 4.29. The fraction of sp³-hybridized carbons (Fsp3) is 0.0909. The van der Waals surface area contributed by atoms with Crippen molar-refractivity contribution in [1.82, 2.24) is 4.57 Å². The molecule has 1 heterocycles. The number of nitrogens with zero attached hydrogens (tertiary/aromatic N) is 1. The largest absolute Gasteiger partial charge is 0.342 e. The Morgan fingerprint density at radius 3 is 2.86 bits per heavy atom. The van der Waals surface area contributed by atoms with E-state index < -0.39 is 0 Å². The molecule has 0 saturated heterocycles. The Balaban J connectivity index is 2.55. The van der Waals surface area contributed by atoms with Crippen LogP contribution in [-0.4, -0.2) is 4.57 Å². The lowest BCUT2D eigenvalue weighted by Crippen LogP contribution is -1.94. The molecule has 3 heteroatoms. The van der Waals surface area contributed by atoms with Crippen LogP contribution in [0.2, 0.25) is 5.02 Å². The standard InChI is InChI=1S/C11H9Cl2N/c1-8(12)7-14-5-4-9-2-3-10(13)6-11(9)14/h2-6H,1,7H2. The molecular formula is C11H9Cl2N. The van der Waals surface area contributed by atoms with Gasteiger partial charge in [-0.1, -0.05) is 35.8 Å². The Hall–Kier alpha value is -0.920. The number of rotatable bonds is 2. The van der Waals surface area contributed by atoms with Crippen molar-refractivity contribution in [1.29, 1.82) is 0 Å². The second-order valence-electron chi connectivity index (χ2n) is 3.16. The van der Waals surface area contributed by atoms with Gasteiger partial charge in [0.25, 0.3) is 0 Å². The van der Waals surface area contributed by atoms with Gasteiger partial charge in [-0.3, -0.25) is 0 Å². The molecule has 0 saturated carbocycles. The summed E-state index contributed by atoms with van der Waals surface area (Å²) >= 11 is 11.7. The van der Waals surface area contributed by atoms with E-state index in [2.05, 4.69) is 6.58 Å². The van der Waals surface area contributed by atoms with E-state index in [4.69, 9.17) is 23.2 Å². The molecule has 0 unspecified atom stereocenters. The normalized spacial score (nSPS) is 10.7. The number of fused-ring (bicyclic) bond motifs is 1. The first kappa shape index (κ1) is 9.63. The van der Waals surface area contributed by atoms with Gasteiger partial charge in [-0.25, -0.2) is 0 Å². The fourth-order valence-corrected chi connectivity index (χ4v) is 1.77. The minimum absolute atomic E-state index is 0.613. The summed E-state index contributed by atoms with van der Waals surface area (Å²) in [5.74, 6) is 0. The highest BCUT2D eigenvalue weighted by Gasteiger charge is 2.01. The molecule has 0 aliphatic carbocycles. The monoisotopic (exact) mass is 225 g/mol. The molecule has 1 aromatic carbocycles. The van der Waals surface area contributed by atoms with E-state index in [0.29, 0.717) is 11.6 Å². The summed E-state index contributed by atoms with van der Waals surface area (Å²) < 4.78 is 2.02. The van der Waals surface area contributed by atoms with Crippen LogP contribution in [0.1, 0.15) is 0 Å². The number of benzene rings is 1. The Bertz CT molecular complexity index is 485. The molecule has 0 N–H and O–H groups in total. The number of hydrogen-bond donors (Lipinski definition) is 0. The second kappa shape index (κ2) is 3.68. The van der Waals surface area contributed by atoms with Gasteiger partial charge in [-0.15, -0.1) is 0 Å². The molecule has 1 nitrogen and oxygen atoms in total. The predicted molar refractivity (Wildman–Crippen MR) is 61.9 cm³/mol. The summed E-state index contributed by atoms with van der Waals surface area (Å²) in [7, 11) is 0. The van der Waals surface area contributed by atoms with Crippen molar-refractivity contribution in [2.45, 2.75) is 6.54 Å². The summed E-state index contributed by atoms with van der Waals surface area (Å²) in [5, 5.41) is 2.51. The zero-order chi connectivity index (χ0) is 10.1. The van der Waals surface area contributed by atoms with Crippen molar-refractivity contribution in [2.24, 2.45) is 0 Å². The maximum absolute atomic E-state index is 5.92. The molecule has 0 aliphatic rings. The molecule has 0 amide bonds. The first-order chi connectivity index (χ1) is 6.66. The molecule has 14 heavy (non-hydrogen) atoms. The van der Waals surface area contributed by atoms with Crippen molar-refractivity contribution < 1.29 is 0 Å². The van der Waals surface area contributed by atoms with E-state index in [1.54, 1.807) is 0 Å². The van der Waals surface area contributed by atoms with Gasteiger partial charge >= 0.3 is 0 Å². The molecule has 2 aromatic rings. The van der Waals surface area contributed by atoms with E-state index >= 15 is 0 Å².